The van der Waals surface area contributed by atoms with Crippen molar-refractivity contribution in [2.45, 2.75) is 32.1 Å². The third-order valence-electron chi connectivity index (χ3n) is 7.55. The minimum absolute atomic E-state index is 0.253. The van der Waals surface area contributed by atoms with Gasteiger partial charge in [0.25, 0.3) is 0 Å². The van der Waals surface area contributed by atoms with Gasteiger partial charge >= 0.3 is 0 Å². The summed E-state index contributed by atoms with van der Waals surface area (Å²) < 4.78 is 48.1. The highest BCUT2D eigenvalue weighted by atomic mass is 19.1. The molecule has 4 aromatic carbocycles. The first-order valence-corrected chi connectivity index (χ1v) is 13.2. The topological polar surface area (TPSA) is 9.23 Å². The second-order valence-electron chi connectivity index (χ2n) is 9.91. The van der Waals surface area contributed by atoms with Crippen LogP contribution in [0.3, 0.4) is 0 Å². The van der Waals surface area contributed by atoms with Crippen LogP contribution in [-0.4, -0.2) is 13.8 Å². The molecular formula is C33H30BF3O. The van der Waals surface area contributed by atoms with Crippen molar-refractivity contribution in [2.75, 3.05) is 7.11 Å². The molecule has 38 heavy (non-hydrogen) atoms. The Morgan fingerprint density at radius 2 is 1.16 bits per heavy atom. The van der Waals surface area contributed by atoms with E-state index >= 15 is 0 Å². The molecule has 0 saturated heterocycles. The first kappa shape index (κ1) is 25.9. The van der Waals surface area contributed by atoms with Gasteiger partial charge in [0, 0.05) is 5.56 Å². The first-order chi connectivity index (χ1) is 18.5. The van der Waals surface area contributed by atoms with Crippen LogP contribution in [0.2, 0.25) is 0 Å². The van der Waals surface area contributed by atoms with Crippen LogP contribution in [0.5, 0.6) is 5.75 Å². The van der Waals surface area contributed by atoms with Crippen LogP contribution in [0.15, 0.2) is 97.1 Å². The van der Waals surface area contributed by atoms with E-state index in [1.54, 1.807) is 31.4 Å². The van der Waals surface area contributed by atoms with Crippen molar-refractivity contribution < 1.29 is 17.9 Å². The van der Waals surface area contributed by atoms with E-state index in [1.165, 1.54) is 42.8 Å². The van der Waals surface area contributed by atoms with Gasteiger partial charge in [-0.3, -0.25) is 0 Å². The van der Waals surface area contributed by atoms with Gasteiger partial charge in [0.15, 0.2) is 0 Å². The molecule has 0 heterocycles. The maximum atomic E-state index is 14.2. The fraction of sp³-hybridized carbons (Fsp3) is 0.212. The SMILES string of the molecule is COc1ccccc1/C(=C(\B(c1ccc(F)cc1)c1ccc(F)cc1)c1ccc(F)cc1)C1CCCCC1. The number of rotatable bonds is 7. The minimum Gasteiger partial charge on any atom is -0.496 e. The van der Waals surface area contributed by atoms with Crippen molar-refractivity contribution >= 4 is 28.7 Å². The number of ether oxygens (including phenoxy) is 1. The van der Waals surface area contributed by atoms with Gasteiger partial charge in [0.05, 0.1) is 7.11 Å². The summed E-state index contributed by atoms with van der Waals surface area (Å²) in [7, 11) is 1.67. The Bertz CT molecular complexity index is 1340. The maximum absolute atomic E-state index is 14.2. The summed E-state index contributed by atoms with van der Waals surface area (Å²) in [5, 5.41) is 0. The van der Waals surface area contributed by atoms with Gasteiger partial charge in [-0.25, -0.2) is 13.2 Å². The van der Waals surface area contributed by atoms with E-state index in [2.05, 4.69) is 6.07 Å². The predicted octanol–water partition coefficient (Wildman–Crippen LogP) is 7.45. The molecule has 0 spiro atoms. The fourth-order valence-corrected chi connectivity index (χ4v) is 5.79. The fourth-order valence-electron chi connectivity index (χ4n) is 5.79. The second-order valence-corrected chi connectivity index (χ2v) is 9.91. The highest BCUT2D eigenvalue weighted by Crippen LogP contribution is 2.43. The number of allylic oxidation sites excluding steroid dienone is 1. The summed E-state index contributed by atoms with van der Waals surface area (Å²) >= 11 is 0. The summed E-state index contributed by atoms with van der Waals surface area (Å²) in [6.45, 7) is -0.344. The zero-order valence-electron chi connectivity index (χ0n) is 21.5. The molecular weight excluding hydrogens is 480 g/mol. The van der Waals surface area contributed by atoms with Crippen molar-refractivity contribution in [2.24, 2.45) is 5.92 Å². The summed E-state index contributed by atoms with van der Waals surface area (Å²) in [6, 6.07) is 27.5. The molecule has 0 amide bonds. The largest absolute Gasteiger partial charge is 0.496 e. The summed E-state index contributed by atoms with van der Waals surface area (Å²) in [6.07, 6.45) is 5.49. The molecule has 1 aliphatic carbocycles. The van der Waals surface area contributed by atoms with E-state index in [9.17, 15) is 13.2 Å². The van der Waals surface area contributed by atoms with E-state index < -0.39 is 0 Å². The lowest BCUT2D eigenvalue weighted by molar-refractivity contribution is 0.407. The first-order valence-electron chi connectivity index (χ1n) is 13.2. The van der Waals surface area contributed by atoms with Gasteiger partial charge in [0.1, 0.15) is 23.2 Å². The van der Waals surface area contributed by atoms with E-state index in [4.69, 9.17) is 4.74 Å². The third kappa shape index (κ3) is 5.57. The molecule has 1 aliphatic rings. The average molecular weight is 510 g/mol. The van der Waals surface area contributed by atoms with E-state index in [0.717, 1.165) is 64.5 Å². The number of hydrogen-bond acceptors (Lipinski definition) is 1. The third-order valence-corrected chi connectivity index (χ3v) is 7.55. The molecule has 0 radical (unpaired) electrons. The van der Waals surface area contributed by atoms with E-state index in [-0.39, 0.29) is 30.1 Å². The maximum Gasteiger partial charge on any atom is 0.242 e. The van der Waals surface area contributed by atoms with Crippen molar-refractivity contribution in [3.8, 4) is 5.75 Å². The standard InChI is InChI=1S/C33H30BF3O/c1-38-31-10-6-5-9-30(31)32(23-7-3-2-4-8-23)33(24-11-17-27(35)18-12-24)34(25-13-19-28(36)20-14-25)26-15-21-29(37)22-16-26/h5-6,9-23H,2-4,7-8H2,1H3/b33-32-. The monoisotopic (exact) mass is 510 g/mol. The second kappa shape index (κ2) is 11.8. The summed E-state index contributed by atoms with van der Waals surface area (Å²) in [5.74, 6) is 0.0603. The van der Waals surface area contributed by atoms with E-state index in [1.807, 2.05) is 30.3 Å². The van der Waals surface area contributed by atoms with E-state index in [0.29, 0.717) is 0 Å². The molecule has 4 aromatic rings. The number of hydrogen-bond donors (Lipinski definition) is 0. The summed E-state index contributed by atoms with van der Waals surface area (Å²) in [5.41, 5.74) is 5.76. The molecule has 1 fully saturated rings. The number of para-hydroxylation sites is 1. The highest BCUT2D eigenvalue weighted by molar-refractivity contribution is 7.00. The number of methoxy groups -OCH3 is 1. The normalized spacial score (nSPS) is 14.6. The van der Waals surface area contributed by atoms with Crippen LogP contribution >= 0.6 is 0 Å². The van der Waals surface area contributed by atoms with Crippen LogP contribution < -0.4 is 15.7 Å². The Balaban J connectivity index is 1.88. The Morgan fingerprint density at radius 1 is 0.658 bits per heavy atom. The molecule has 5 heteroatoms. The molecule has 5 rings (SSSR count). The Labute approximate surface area is 223 Å². The molecule has 0 unspecified atom stereocenters. The quantitative estimate of drug-likeness (QED) is 0.185. The number of benzene rings is 4. The van der Waals surface area contributed by atoms with Crippen molar-refractivity contribution in [1.82, 2.24) is 0 Å². The Hall–Kier alpha value is -3.73. The Kier molecular flexibility index (Phi) is 8.02. The number of halogens is 3. The zero-order chi connectivity index (χ0) is 26.5. The van der Waals surface area contributed by atoms with Crippen LogP contribution in [0.25, 0.3) is 11.0 Å². The van der Waals surface area contributed by atoms with Gasteiger partial charge in [-0.2, -0.15) is 0 Å². The van der Waals surface area contributed by atoms with Gasteiger partial charge in [-0.15, -0.1) is 0 Å². The van der Waals surface area contributed by atoms with Gasteiger partial charge in [0.2, 0.25) is 6.71 Å². The average Bonchev–Trinajstić information content (AvgIpc) is 2.96. The molecule has 0 aromatic heterocycles. The van der Waals surface area contributed by atoms with Gasteiger partial charge in [-0.1, -0.05) is 90.3 Å². The Morgan fingerprint density at radius 3 is 1.68 bits per heavy atom. The molecule has 1 nitrogen and oxygen atoms in total. The predicted molar refractivity (Wildman–Crippen MR) is 151 cm³/mol. The smallest absolute Gasteiger partial charge is 0.242 e. The van der Waals surface area contributed by atoms with Crippen LogP contribution in [0.4, 0.5) is 13.2 Å². The molecule has 0 N–H and O–H groups in total. The molecule has 1 saturated carbocycles. The van der Waals surface area contributed by atoms with Gasteiger partial charge < -0.3 is 4.74 Å². The van der Waals surface area contributed by atoms with Crippen LogP contribution in [-0.2, 0) is 0 Å². The highest BCUT2D eigenvalue weighted by Gasteiger charge is 2.33. The van der Waals surface area contributed by atoms with Crippen molar-refractivity contribution in [3.05, 3.63) is 126 Å². The van der Waals surface area contributed by atoms with Crippen molar-refractivity contribution in [1.29, 1.82) is 0 Å². The molecule has 0 atom stereocenters. The molecule has 192 valence electrons. The zero-order valence-corrected chi connectivity index (χ0v) is 21.5. The lowest BCUT2D eigenvalue weighted by atomic mass is 9.34. The van der Waals surface area contributed by atoms with Gasteiger partial charge in [-0.05, 0) is 72.4 Å². The lowest BCUT2D eigenvalue weighted by Gasteiger charge is -2.32. The molecule has 0 aliphatic heterocycles. The van der Waals surface area contributed by atoms with Crippen molar-refractivity contribution in [3.63, 3.8) is 0 Å². The van der Waals surface area contributed by atoms with Crippen LogP contribution in [0, 0.1) is 23.4 Å². The lowest BCUT2D eigenvalue weighted by Crippen LogP contribution is -2.44. The van der Waals surface area contributed by atoms with Crippen LogP contribution in [0.1, 0.15) is 43.2 Å². The minimum atomic E-state index is -0.344. The molecule has 0 bridgehead atoms. The summed E-state index contributed by atoms with van der Waals surface area (Å²) in [4.78, 5) is 0.